The number of hydrogen-bond donors (Lipinski definition) is 1. The van der Waals surface area contributed by atoms with Gasteiger partial charge in [0.15, 0.2) is 5.11 Å². The first-order valence-electron chi connectivity index (χ1n) is 8.47. The minimum absolute atomic E-state index is 0.175. The Morgan fingerprint density at radius 3 is 2.80 bits per heavy atom. The van der Waals surface area contributed by atoms with Crippen molar-refractivity contribution in [3.05, 3.63) is 75.7 Å². The Morgan fingerprint density at radius 2 is 2.00 bits per heavy atom. The summed E-state index contributed by atoms with van der Waals surface area (Å²) >= 11 is 7.61. The third kappa shape index (κ3) is 2.98. The van der Waals surface area contributed by atoms with Gasteiger partial charge >= 0.3 is 0 Å². The number of thiophene rings is 1. The van der Waals surface area contributed by atoms with E-state index in [0.717, 1.165) is 23.9 Å². The summed E-state index contributed by atoms with van der Waals surface area (Å²) in [5.74, 6) is 0. The summed E-state index contributed by atoms with van der Waals surface area (Å²) in [5, 5.41) is 6.42. The van der Waals surface area contributed by atoms with Crippen LogP contribution in [-0.4, -0.2) is 21.1 Å². The molecule has 0 fully saturated rings. The fraction of sp³-hybridized carbons (Fsp3) is 0.250. The topological polar surface area (TPSA) is 20.2 Å². The maximum absolute atomic E-state index is 5.82. The lowest BCUT2D eigenvalue weighted by Gasteiger charge is -2.38. The molecule has 0 radical (unpaired) electrons. The second kappa shape index (κ2) is 6.65. The molecular weight excluding hydrogens is 346 g/mol. The van der Waals surface area contributed by atoms with Gasteiger partial charge in [0.1, 0.15) is 6.04 Å². The number of hydrogen-bond acceptors (Lipinski definition) is 2. The SMILES string of the molecule is Cc1cccc(NC(=S)N2CCn3cccc3[C@@H]2c2cccs2)c1C. The summed E-state index contributed by atoms with van der Waals surface area (Å²) in [6.07, 6.45) is 2.16. The third-order valence-corrected chi connectivity index (χ3v) is 6.22. The van der Waals surface area contributed by atoms with Crippen LogP contribution in [0, 0.1) is 13.8 Å². The highest BCUT2D eigenvalue weighted by molar-refractivity contribution is 7.80. The van der Waals surface area contributed by atoms with Gasteiger partial charge in [-0.25, -0.2) is 0 Å². The highest BCUT2D eigenvalue weighted by atomic mass is 32.1. The van der Waals surface area contributed by atoms with E-state index in [1.807, 2.05) is 0 Å². The average Bonchev–Trinajstić information content (AvgIpc) is 3.29. The monoisotopic (exact) mass is 367 g/mol. The van der Waals surface area contributed by atoms with Gasteiger partial charge in [0.2, 0.25) is 0 Å². The summed E-state index contributed by atoms with van der Waals surface area (Å²) in [6.45, 7) is 6.13. The molecule has 1 aliphatic heterocycles. The van der Waals surface area contributed by atoms with Gasteiger partial charge in [-0.3, -0.25) is 0 Å². The van der Waals surface area contributed by atoms with Gasteiger partial charge in [-0.1, -0.05) is 18.2 Å². The second-order valence-corrected chi connectivity index (χ2v) is 7.78. The molecule has 128 valence electrons. The maximum Gasteiger partial charge on any atom is 0.174 e. The van der Waals surface area contributed by atoms with Crippen LogP contribution in [0.15, 0.2) is 54.0 Å². The molecule has 1 aromatic carbocycles. The minimum atomic E-state index is 0.175. The van der Waals surface area contributed by atoms with Crippen LogP contribution in [0.4, 0.5) is 5.69 Å². The summed E-state index contributed by atoms with van der Waals surface area (Å²) in [7, 11) is 0. The van der Waals surface area contributed by atoms with Crippen molar-refractivity contribution in [1.82, 2.24) is 9.47 Å². The van der Waals surface area contributed by atoms with E-state index < -0.39 is 0 Å². The van der Waals surface area contributed by atoms with Gasteiger partial charge in [0.05, 0.1) is 0 Å². The molecule has 1 atom stereocenters. The molecule has 0 saturated heterocycles. The molecule has 2 aromatic heterocycles. The Kier molecular flexibility index (Phi) is 4.36. The first kappa shape index (κ1) is 16.4. The number of rotatable bonds is 2. The zero-order valence-corrected chi connectivity index (χ0v) is 16.0. The van der Waals surface area contributed by atoms with Crippen molar-refractivity contribution in [3.8, 4) is 0 Å². The van der Waals surface area contributed by atoms with Crippen LogP contribution in [0.3, 0.4) is 0 Å². The van der Waals surface area contributed by atoms with Gasteiger partial charge in [0.25, 0.3) is 0 Å². The number of aromatic nitrogens is 1. The lowest BCUT2D eigenvalue weighted by Crippen LogP contribution is -2.44. The standard InChI is InChI=1S/C20H21N3S2/c1-14-6-3-7-16(15(14)2)21-20(24)23-12-11-22-10-4-8-17(22)19(23)18-9-5-13-25-18/h3-10,13,19H,11-12H2,1-2H3,(H,21,24)/t19-/m1/s1. The van der Waals surface area contributed by atoms with Gasteiger partial charge in [-0.2, -0.15) is 0 Å². The number of nitrogens with zero attached hydrogens (tertiary/aromatic N) is 2. The number of nitrogens with one attached hydrogen (secondary N) is 1. The summed E-state index contributed by atoms with van der Waals surface area (Å²) < 4.78 is 2.33. The smallest absolute Gasteiger partial charge is 0.174 e. The van der Waals surface area contributed by atoms with Crippen LogP contribution in [0.1, 0.15) is 27.7 Å². The van der Waals surface area contributed by atoms with E-state index in [0.29, 0.717) is 0 Å². The van der Waals surface area contributed by atoms with E-state index in [1.54, 1.807) is 11.3 Å². The van der Waals surface area contributed by atoms with E-state index in [2.05, 4.69) is 82.7 Å². The van der Waals surface area contributed by atoms with Crippen LogP contribution in [0.5, 0.6) is 0 Å². The predicted molar refractivity (Wildman–Crippen MR) is 109 cm³/mol. The van der Waals surface area contributed by atoms with Gasteiger partial charge in [-0.05, 0) is 66.8 Å². The zero-order chi connectivity index (χ0) is 17.4. The number of thiocarbonyl (C=S) groups is 1. The molecule has 3 aromatic rings. The van der Waals surface area contributed by atoms with Crippen molar-refractivity contribution in [3.63, 3.8) is 0 Å². The van der Waals surface area contributed by atoms with Crippen LogP contribution in [-0.2, 0) is 6.54 Å². The van der Waals surface area contributed by atoms with Crippen LogP contribution >= 0.6 is 23.6 Å². The van der Waals surface area contributed by atoms with Crippen molar-refractivity contribution in [2.75, 3.05) is 11.9 Å². The fourth-order valence-electron chi connectivity index (χ4n) is 3.42. The molecule has 0 spiro atoms. The average molecular weight is 368 g/mol. The van der Waals surface area contributed by atoms with E-state index in [4.69, 9.17) is 12.2 Å². The van der Waals surface area contributed by atoms with E-state index in [9.17, 15) is 0 Å². The van der Waals surface area contributed by atoms with Crippen molar-refractivity contribution in [2.45, 2.75) is 26.4 Å². The Balaban J connectivity index is 1.66. The second-order valence-electron chi connectivity index (χ2n) is 6.42. The molecule has 1 aliphatic rings. The molecule has 0 bridgehead atoms. The van der Waals surface area contributed by atoms with Crippen molar-refractivity contribution >= 4 is 34.4 Å². The lowest BCUT2D eigenvalue weighted by molar-refractivity contribution is 0.297. The van der Waals surface area contributed by atoms with Crippen molar-refractivity contribution in [2.24, 2.45) is 0 Å². The Hall–Kier alpha value is -2.11. The summed E-state index contributed by atoms with van der Waals surface area (Å²) in [4.78, 5) is 3.64. The number of fused-ring (bicyclic) bond motifs is 1. The lowest BCUT2D eigenvalue weighted by atomic mass is 10.1. The molecule has 4 rings (SSSR count). The highest BCUT2D eigenvalue weighted by Crippen LogP contribution is 2.35. The molecule has 0 aliphatic carbocycles. The normalized spacial score (nSPS) is 16.6. The van der Waals surface area contributed by atoms with Crippen LogP contribution in [0.25, 0.3) is 0 Å². The molecule has 3 heterocycles. The molecule has 25 heavy (non-hydrogen) atoms. The minimum Gasteiger partial charge on any atom is -0.347 e. The third-order valence-electron chi connectivity index (χ3n) is 4.96. The quantitative estimate of drug-likeness (QED) is 0.646. The number of benzene rings is 1. The van der Waals surface area contributed by atoms with E-state index >= 15 is 0 Å². The molecular formula is C20H21N3S2. The maximum atomic E-state index is 5.82. The van der Waals surface area contributed by atoms with E-state index in [-0.39, 0.29) is 6.04 Å². The first-order valence-corrected chi connectivity index (χ1v) is 9.76. The first-order chi connectivity index (χ1) is 12.1. The van der Waals surface area contributed by atoms with Crippen LogP contribution in [0.2, 0.25) is 0 Å². The van der Waals surface area contributed by atoms with Gasteiger partial charge in [0, 0.05) is 35.5 Å². The fourth-order valence-corrected chi connectivity index (χ4v) is 4.58. The van der Waals surface area contributed by atoms with Gasteiger partial charge in [-0.15, -0.1) is 11.3 Å². The Labute approximate surface area is 157 Å². The van der Waals surface area contributed by atoms with Crippen LogP contribution < -0.4 is 5.32 Å². The largest absolute Gasteiger partial charge is 0.347 e. The molecule has 0 unspecified atom stereocenters. The predicted octanol–water partition coefficient (Wildman–Crippen LogP) is 4.97. The molecule has 3 nitrogen and oxygen atoms in total. The Bertz CT molecular complexity index is 896. The molecule has 5 heteroatoms. The number of anilines is 1. The number of aryl methyl sites for hydroxylation is 1. The van der Waals surface area contributed by atoms with Crippen molar-refractivity contribution in [1.29, 1.82) is 0 Å². The zero-order valence-electron chi connectivity index (χ0n) is 14.4. The highest BCUT2D eigenvalue weighted by Gasteiger charge is 2.31. The molecule has 0 saturated carbocycles. The summed E-state index contributed by atoms with van der Waals surface area (Å²) in [5.41, 5.74) is 4.92. The van der Waals surface area contributed by atoms with Crippen molar-refractivity contribution < 1.29 is 0 Å². The van der Waals surface area contributed by atoms with E-state index in [1.165, 1.54) is 21.7 Å². The molecule has 1 N–H and O–H groups in total. The summed E-state index contributed by atoms with van der Waals surface area (Å²) in [6, 6.07) is 15.1. The van der Waals surface area contributed by atoms with Gasteiger partial charge < -0.3 is 14.8 Å². The Morgan fingerprint density at radius 1 is 1.12 bits per heavy atom. The molecule has 0 amide bonds.